The number of nitrogens with one attached hydrogen (secondary N) is 11. The number of carbonyl (C=O) groups is 17. The van der Waals surface area contributed by atoms with Crippen molar-refractivity contribution in [1.29, 1.82) is 0 Å². The maximum atomic E-state index is 13.1. The molecule has 0 saturated heterocycles. The van der Waals surface area contributed by atoms with E-state index in [9.17, 15) is 107 Å². The number of aliphatic carboxylic acids is 5. The molecule has 0 radical (unpaired) electrons. The molecular weight excluding hydrogens is 1210 g/mol. The summed E-state index contributed by atoms with van der Waals surface area (Å²) < 4.78 is 0. The Balaban J connectivity index is 5.41. The largest absolute Gasteiger partial charge is 0.480 e. The van der Waals surface area contributed by atoms with Gasteiger partial charge in [0.1, 0.15) is 60.4 Å². The lowest BCUT2D eigenvalue weighted by atomic mass is 10.1. The second-order valence-corrected chi connectivity index (χ2v) is 19.4. The number of carbonyl (C=O) groups excluding carboxylic acids is 12. The van der Waals surface area contributed by atoms with E-state index in [1.54, 1.807) is 0 Å². The molecule has 0 aliphatic rings. The highest BCUT2D eigenvalue weighted by atomic mass is 32.1. The van der Waals surface area contributed by atoms with Gasteiger partial charge in [-0.3, -0.25) is 57.5 Å². The molecule has 466 valence electrons. The van der Waals surface area contributed by atoms with E-state index in [0.717, 1.165) is 6.92 Å². The van der Waals surface area contributed by atoms with Crippen LogP contribution in [0.1, 0.15) is 71.1 Å². The predicted molar refractivity (Wildman–Crippen MR) is 301 cm³/mol. The number of rotatable bonds is 42. The van der Waals surface area contributed by atoms with Gasteiger partial charge in [-0.2, -0.15) is 63.1 Å². The van der Waals surface area contributed by atoms with E-state index in [-0.39, 0.29) is 17.9 Å². The summed E-state index contributed by atoms with van der Waals surface area (Å²) in [6.07, 6.45) is -5.65. The van der Waals surface area contributed by atoms with E-state index in [0.29, 0.717) is 0 Å². The first-order valence-electron chi connectivity index (χ1n) is 24.5. The molecule has 0 aromatic carbocycles. The topological polar surface area (TPSA) is 550 Å². The van der Waals surface area contributed by atoms with E-state index >= 15 is 0 Å². The smallest absolute Gasteiger partial charge is 0.326 e. The Labute approximate surface area is 499 Å². The van der Waals surface area contributed by atoms with Gasteiger partial charge >= 0.3 is 29.8 Å². The fourth-order valence-electron chi connectivity index (χ4n) is 6.60. The van der Waals surface area contributed by atoms with E-state index in [2.05, 4.69) is 122 Å². The van der Waals surface area contributed by atoms with Crippen LogP contribution in [0.4, 0.5) is 0 Å². The predicted octanol–water partition coefficient (Wildman–Crippen LogP) is -7.57. The summed E-state index contributed by atoms with van der Waals surface area (Å²) >= 11 is 19.9. The van der Waals surface area contributed by atoms with Crippen LogP contribution in [0, 0.1) is 0 Å². The van der Waals surface area contributed by atoms with Crippen LogP contribution in [0.3, 0.4) is 0 Å². The van der Waals surface area contributed by atoms with Gasteiger partial charge in [-0.15, -0.1) is 0 Å². The SMILES string of the molecule is CC(=O)N[C@@H](CCC(=O)N[C@@H](CS)C(=O)N[C@@H](CCC(=O)N[C@@H](CS)C(=O)N[C@@H](CCC(=O)N[C@@H](CS)C(=O)N[C@@H](CCC(=O)N[C@@H](CS)C(=O)N[C@@H](CCC(=O)N[C@@H](CS)C(=O)NCC(N)=O)C(=O)O)C(=O)O)C(=O)O)C(=O)O)C(=O)O. The maximum Gasteiger partial charge on any atom is 0.326 e. The number of primary amides is 1. The van der Waals surface area contributed by atoms with Gasteiger partial charge in [-0.1, -0.05) is 0 Å². The monoisotopic (exact) mass is 1280 g/mol. The third kappa shape index (κ3) is 31.1. The standard InChI is InChI=1S/C44H68N12O22S5/c1-18(57)47-19(40(69)70)2-7-31(60)49-25(14-80)36(65)54-21(42(73)74)4-9-33(62)51-27(16-82)38(67)56-23(44(77)78)6-11-34(63)52-28(17-83)39(68)55-22(43(75)76)5-10-32(61)50-26(15-81)37(66)53-20(41(71)72)3-8-30(59)48-24(13-79)35(64)46-12-29(45)58/h19-28,79-83H,2-17H2,1H3,(H2,45,58)(H,46,64)(H,47,57)(H,48,59)(H,49,60)(H,50,61)(H,51,62)(H,52,63)(H,53,66)(H,54,65)(H,55,68)(H,56,67)(H,69,70)(H,71,72)(H,73,74)(H,75,76)(H,77,78)/t19-,20-,21-,22-,23-,24-,25-,26-,27-,28-/m0/s1. The van der Waals surface area contributed by atoms with Crippen LogP contribution < -0.4 is 64.2 Å². The lowest BCUT2D eigenvalue weighted by Crippen LogP contribution is -2.54. The minimum absolute atomic E-state index is 0.214. The average Bonchev–Trinajstić information content (AvgIpc) is 3.41. The minimum atomic E-state index is -1.80. The first-order valence-corrected chi connectivity index (χ1v) is 27.7. The Bertz CT molecular complexity index is 2390. The van der Waals surface area contributed by atoms with Crippen molar-refractivity contribution < 1.29 is 107 Å². The normalized spacial score (nSPS) is 14.3. The van der Waals surface area contributed by atoms with Crippen molar-refractivity contribution in [2.75, 3.05) is 35.3 Å². The van der Waals surface area contributed by atoms with Crippen molar-refractivity contribution >= 4 is 164 Å². The van der Waals surface area contributed by atoms with Crippen LogP contribution in [0.5, 0.6) is 0 Å². The Kier molecular flexibility index (Phi) is 36.5. The van der Waals surface area contributed by atoms with Gasteiger partial charge in [0.2, 0.25) is 70.9 Å². The molecule has 34 nitrogen and oxygen atoms in total. The number of amides is 12. The number of carboxylic acid groups (broad SMARTS) is 5. The first kappa shape index (κ1) is 75.7. The molecule has 0 aromatic rings. The van der Waals surface area contributed by atoms with Gasteiger partial charge < -0.3 is 89.8 Å². The highest BCUT2D eigenvalue weighted by Gasteiger charge is 2.33. The molecule has 0 bridgehead atoms. The second kappa shape index (κ2) is 40.0. The van der Waals surface area contributed by atoms with Crippen LogP contribution in [-0.4, -0.2) is 222 Å². The summed E-state index contributed by atoms with van der Waals surface area (Å²) in [6.45, 7) is 0.537. The molecule has 10 atom stereocenters. The second-order valence-electron chi connectivity index (χ2n) is 17.6. The van der Waals surface area contributed by atoms with E-state index in [1.165, 1.54) is 0 Å². The Hall–Kier alpha value is -7.26. The molecule has 0 fully saturated rings. The summed E-state index contributed by atoms with van der Waals surface area (Å²) in [5.41, 5.74) is 4.97. The van der Waals surface area contributed by atoms with Crippen LogP contribution in [0.15, 0.2) is 0 Å². The van der Waals surface area contributed by atoms with Gasteiger partial charge in [-0.05, 0) is 32.1 Å². The number of carboxylic acids is 5. The van der Waals surface area contributed by atoms with E-state index in [4.69, 9.17) is 5.73 Å². The average molecular weight is 1280 g/mol. The van der Waals surface area contributed by atoms with E-state index < -0.39 is 243 Å². The molecule has 18 N–H and O–H groups in total. The lowest BCUT2D eigenvalue weighted by molar-refractivity contribution is -0.143. The van der Waals surface area contributed by atoms with Crippen molar-refractivity contribution in [2.45, 2.75) is 132 Å². The van der Waals surface area contributed by atoms with Gasteiger partial charge in [0.05, 0.1) is 6.54 Å². The zero-order chi connectivity index (χ0) is 63.7. The third-order valence-corrected chi connectivity index (χ3v) is 12.9. The van der Waals surface area contributed by atoms with Crippen LogP contribution in [0.2, 0.25) is 0 Å². The number of hydrogen-bond acceptors (Lipinski definition) is 22. The molecule has 0 aromatic heterocycles. The molecule has 83 heavy (non-hydrogen) atoms. The van der Waals surface area contributed by atoms with Crippen LogP contribution >= 0.6 is 63.1 Å². The van der Waals surface area contributed by atoms with Crippen LogP contribution in [-0.2, 0) is 81.5 Å². The Morgan fingerprint density at radius 1 is 0.313 bits per heavy atom. The highest BCUT2D eigenvalue weighted by Crippen LogP contribution is 2.08. The lowest BCUT2D eigenvalue weighted by Gasteiger charge is -2.22. The van der Waals surface area contributed by atoms with Crippen molar-refractivity contribution in [3.05, 3.63) is 0 Å². The first-order chi connectivity index (χ1) is 38.8. The van der Waals surface area contributed by atoms with Crippen molar-refractivity contribution in [1.82, 2.24) is 58.5 Å². The Morgan fingerprint density at radius 3 is 0.675 bits per heavy atom. The minimum Gasteiger partial charge on any atom is -0.480 e. The molecule has 0 unspecified atom stereocenters. The molecule has 0 heterocycles. The summed E-state index contributed by atoms with van der Waals surface area (Å²) in [5.74, 6) is -21.1. The maximum absolute atomic E-state index is 13.1. The molecule has 12 amide bonds. The van der Waals surface area contributed by atoms with Crippen LogP contribution in [0.25, 0.3) is 0 Å². The summed E-state index contributed by atoms with van der Waals surface area (Å²) in [4.78, 5) is 209. The molecular formula is C44H68N12O22S5. The zero-order valence-corrected chi connectivity index (χ0v) is 48.5. The van der Waals surface area contributed by atoms with E-state index in [1.807, 2.05) is 0 Å². The fraction of sp³-hybridized carbons (Fsp3) is 0.614. The zero-order valence-electron chi connectivity index (χ0n) is 44.1. The number of nitrogens with two attached hydrogens (primary N) is 1. The summed E-state index contributed by atoms with van der Waals surface area (Å²) in [7, 11) is 0. The van der Waals surface area contributed by atoms with Gasteiger partial charge in [0.15, 0.2) is 0 Å². The summed E-state index contributed by atoms with van der Waals surface area (Å²) in [6, 6.07) is -15.7. The van der Waals surface area contributed by atoms with Crippen molar-refractivity contribution in [3.8, 4) is 0 Å². The van der Waals surface area contributed by atoms with Crippen molar-refractivity contribution in [3.63, 3.8) is 0 Å². The molecule has 0 rings (SSSR count). The summed E-state index contributed by atoms with van der Waals surface area (Å²) in [5, 5.41) is 72.2. The highest BCUT2D eigenvalue weighted by molar-refractivity contribution is 7.81. The molecule has 39 heteroatoms. The fourth-order valence-corrected chi connectivity index (χ4v) is 7.88. The van der Waals surface area contributed by atoms with Crippen molar-refractivity contribution in [2.24, 2.45) is 5.73 Å². The van der Waals surface area contributed by atoms with Gasteiger partial charge in [0, 0.05) is 67.8 Å². The Morgan fingerprint density at radius 2 is 0.506 bits per heavy atom. The van der Waals surface area contributed by atoms with Gasteiger partial charge in [0.25, 0.3) is 0 Å². The molecule has 0 aliphatic carbocycles. The number of hydrogen-bond donors (Lipinski definition) is 22. The third-order valence-electron chi connectivity index (χ3n) is 11.0. The molecule has 0 spiro atoms. The molecule has 0 saturated carbocycles. The molecule has 0 aliphatic heterocycles. The van der Waals surface area contributed by atoms with Gasteiger partial charge in [-0.25, -0.2) is 24.0 Å². The number of thiol groups is 5. The quantitative estimate of drug-likeness (QED) is 0.0253.